The van der Waals surface area contributed by atoms with Gasteiger partial charge in [0.25, 0.3) is 5.91 Å². The van der Waals surface area contributed by atoms with Gasteiger partial charge in [0.1, 0.15) is 17.2 Å². The third kappa shape index (κ3) is 4.54. The largest absolute Gasteiger partial charge is 0.487 e. The van der Waals surface area contributed by atoms with Gasteiger partial charge in [0.05, 0.1) is 0 Å². The van der Waals surface area contributed by atoms with Crippen LogP contribution in [0.5, 0.6) is 5.75 Å². The molecule has 0 unspecified atom stereocenters. The van der Waals surface area contributed by atoms with Gasteiger partial charge in [0, 0.05) is 38.0 Å². The van der Waals surface area contributed by atoms with Crippen molar-refractivity contribution in [3.63, 3.8) is 0 Å². The van der Waals surface area contributed by atoms with Crippen molar-refractivity contribution >= 4 is 23.2 Å². The van der Waals surface area contributed by atoms with E-state index in [0.29, 0.717) is 43.4 Å². The molecule has 1 aliphatic heterocycles. The maximum absolute atomic E-state index is 13.3. The highest BCUT2D eigenvalue weighted by Crippen LogP contribution is 2.37. The summed E-state index contributed by atoms with van der Waals surface area (Å²) in [6.45, 7) is 4.18. The number of nitrogens with zero attached hydrogens (tertiary/aromatic N) is 2. The number of amides is 2. The zero-order chi connectivity index (χ0) is 20.9. The monoisotopic (exact) mass is 420 g/mol. The van der Waals surface area contributed by atoms with Crippen LogP contribution in [0.25, 0.3) is 10.4 Å². The van der Waals surface area contributed by atoms with Crippen LogP contribution in [0, 0.1) is 0 Å². The van der Waals surface area contributed by atoms with E-state index >= 15 is 0 Å². The van der Waals surface area contributed by atoms with Crippen molar-refractivity contribution in [3.05, 3.63) is 77.2 Å². The van der Waals surface area contributed by atoms with Crippen LogP contribution in [0.2, 0.25) is 0 Å². The quantitative estimate of drug-likeness (QED) is 0.618. The second-order valence-corrected chi connectivity index (χ2v) is 8.29. The van der Waals surface area contributed by atoms with E-state index in [2.05, 4.69) is 0 Å². The van der Waals surface area contributed by atoms with Gasteiger partial charge in [0.2, 0.25) is 5.91 Å². The Bertz CT molecular complexity index is 1010. The highest BCUT2D eigenvalue weighted by atomic mass is 32.1. The molecule has 0 bridgehead atoms. The van der Waals surface area contributed by atoms with Crippen LogP contribution in [-0.2, 0) is 11.4 Å². The van der Waals surface area contributed by atoms with Crippen molar-refractivity contribution in [2.75, 3.05) is 26.2 Å². The van der Waals surface area contributed by atoms with Crippen molar-refractivity contribution in [1.29, 1.82) is 0 Å². The van der Waals surface area contributed by atoms with E-state index in [0.717, 1.165) is 16.0 Å². The molecule has 5 nitrogen and oxygen atoms in total. The molecule has 1 saturated heterocycles. The Kier molecular flexibility index (Phi) is 6.14. The molecule has 1 aliphatic rings. The molecule has 2 amide bonds. The van der Waals surface area contributed by atoms with Gasteiger partial charge in [-0.2, -0.15) is 0 Å². The van der Waals surface area contributed by atoms with E-state index in [-0.39, 0.29) is 11.8 Å². The Balaban J connectivity index is 1.57. The second kappa shape index (κ2) is 9.13. The number of rotatable bonds is 5. The fourth-order valence-electron chi connectivity index (χ4n) is 3.48. The van der Waals surface area contributed by atoms with Gasteiger partial charge in [-0.1, -0.05) is 60.7 Å². The number of hydrogen-bond acceptors (Lipinski definition) is 4. The first-order valence-electron chi connectivity index (χ1n) is 10.0. The lowest BCUT2D eigenvalue weighted by atomic mass is 10.2. The van der Waals surface area contributed by atoms with Crippen LogP contribution in [0.1, 0.15) is 22.2 Å². The molecule has 0 atom stereocenters. The van der Waals surface area contributed by atoms with Crippen LogP contribution in [0.4, 0.5) is 0 Å². The van der Waals surface area contributed by atoms with Crippen molar-refractivity contribution in [2.24, 2.45) is 0 Å². The minimum atomic E-state index is -0.0338. The lowest BCUT2D eigenvalue weighted by Crippen LogP contribution is -2.49. The molecule has 0 N–H and O–H groups in total. The van der Waals surface area contributed by atoms with E-state index in [1.165, 1.54) is 11.3 Å². The normalized spacial score (nSPS) is 13.9. The Morgan fingerprint density at radius 1 is 0.900 bits per heavy atom. The van der Waals surface area contributed by atoms with Gasteiger partial charge in [-0.05, 0) is 17.2 Å². The smallest absolute Gasteiger partial charge is 0.267 e. The van der Waals surface area contributed by atoms with Gasteiger partial charge in [-0.25, -0.2) is 0 Å². The molecule has 3 aromatic rings. The molecule has 154 valence electrons. The lowest BCUT2D eigenvalue weighted by Gasteiger charge is -2.34. The zero-order valence-electron chi connectivity index (χ0n) is 16.9. The van der Waals surface area contributed by atoms with Crippen LogP contribution < -0.4 is 4.74 Å². The summed E-state index contributed by atoms with van der Waals surface area (Å²) in [6, 6.07) is 21.9. The first kappa shape index (κ1) is 20.2. The maximum atomic E-state index is 13.3. The van der Waals surface area contributed by atoms with Crippen LogP contribution in [0.15, 0.2) is 66.7 Å². The van der Waals surface area contributed by atoms with Crippen molar-refractivity contribution < 1.29 is 14.3 Å². The van der Waals surface area contributed by atoms with E-state index in [4.69, 9.17) is 4.74 Å². The van der Waals surface area contributed by atoms with Gasteiger partial charge in [0.15, 0.2) is 0 Å². The molecule has 0 radical (unpaired) electrons. The van der Waals surface area contributed by atoms with Gasteiger partial charge < -0.3 is 14.5 Å². The van der Waals surface area contributed by atoms with Gasteiger partial charge in [-0.15, -0.1) is 11.3 Å². The minimum Gasteiger partial charge on any atom is -0.487 e. The predicted molar refractivity (Wildman–Crippen MR) is 119 cm³/mol. The number of piperazine rings is 1. The van der Waals surface area contributed by atoms with E-state index < -0.39 is 0 Å². The predicted octanol–water partition coefficient (Wildman–Crippen LogP) is 4.30. The number of hydrogen-bond donors (Lipinski definition) is 0. The Hall–Kier alpha value is -3.12. The molecule has 0 saturated carbocycles. The summed E-state index contributed by atoms with van der Waals surface area (Å²) < 4.78 is 6.10. The number of carbonyl (C=O) groups excluding carboxylic acids is 2. The topological polar surface area (TPSA) is 49.9 Å². The average molecular weight is 421 g/mol. The van der Waals surface area contributed by atoms with Gasteiger partial charge in [-0.3, -0.25) is 9.59 Å². The lowest BCUT2D eigenvalue weighted by molar-refractivity contribution is -0.130. The number of ether oxygens (including phenoxy) is 1. The van der Waals surface area contributed by atoms with Gasteiger partial charge >= 0.3 is 0 Å². The first-order valence-corrected chi connectivity index (χ1v) is 10.8. The summed E-state index contributed by atoms with van der Waals surface area (Å²) in [4.78, 5) is 30.1. The molecule has 0 spiro atoms. The van der Waals surface area contributed by atoms with Crippen molar-refractivity contribution in [1.82, 2.24) is 9.80 Å². The number of benzene rings is 2. The SMILES string of the molecule is CC(=O)N1CCN(C(=O)c2sc(-c3ccccc3)cc2OCc2ccccc2)CC1. The minimum absolute atomic E-state index is 0.0338. The fourth-order valence-corrected chi connectivity index (χ4v) is 4.55. The molecular weight excluding hydrogens is 396 g/mol. The third-order valence-corrected chi connectivity index (χ3v) is 6.35. The summed E-state index contributed by atoms with van der Waals surface area (Å²) in [6.07, 6.45) is 0. The van der Waals surface area contributed by atoms with E-state index in [9.17, 15) is 9.59 Å². The highest BCUT2D eigenvalue weighted by Gasteiger charge is 2.27. The number of thiophene rings is 1. The molecule has 4 rings (SSSR count). The molecule has 1 aromatic heterocycles. The average Bonchev–Trinajstić information content (AvgIpc) is 3.23. The molecule has 30 heavy (non-hydrogen) atoms. The van der Waals surface area contributed by atoms with E-state index in [1.807, 2.05) is 71.6 Å². The van der Waals surface area contributed by atoms with Crippen LogP contribution in [-0.4, -0.2) is 47.8 Å². The van der Waals surface area contributed by atoms with Crippen LogP contribution >= 0.6 is 11.3 Å². The highest BCUT2D eigenvalue weighted by molar-refractivity contribution is 7.17. The van der Waals surface area contributed by atoms with Crippen molar-refractivity contribution in [2.45, 2.75) is 13.5 Å². The molecule has 2 heterocycles. The fraction of sp³-hybridized carbons (Fsp3) is 0.250. The Morgan fingerprint density at radius 2 is 1.50 bits per heavy atom. The summed E-state index contributed by atoms with van der Waals surface area (Å²) in [7, 11) is 0. The molecule has 2 aromatic carbocycles. The molecule has 6 heteroatoms. The van der Waals surface area contributed by atoms with E-state index in [1.54, 1.807) is 11.8 Å². The zero-order valence-corrected chi connectivity index (χ0v) is 17.7. The second-order valence-electron chi connectivity index (χ2n) is 7.24. The molecule has 1 fully saturated rings. The Labute approximate surface area is 180 Å². The Morgan fingerprint density at radius 3 is 2.13 bits per heavy atom. The maximum Gasteiger partial charge on any atom is 0.267 e. The molecule has 0 aliphatic carbocycles. The summed E-state index contributed by atoms with van der Waals surface area (Å²) in [5.74, 6) is 0.631. The van der Waals surface area contributed by atoms with Crippen molar-refractivity contribution in [3.8, 4) is 16.2 Å². The summed E-state index contributed by atoms with van der Waals surface area (Å²) >= 11 is 1.46. The summed E-state index contributed by atoms with van der Waals surface area (Å²) in [5.41, 5.74) is 2.12. The standard InChI is InChI=1S/C24H24N2O3S/c1-18(27)25-12-14-26(15-13-25)24(28)23-21(29-17-19-8-4-2-5-9-19)16-22(30-23)20-10-6-3-7-11-20/h2-11,16H,12-15,17H2,1H3. The first-order chi connectivity index (χ1) is 14.6. The molecular formula is C24H24N2O3S. The number of carbonyl (C=O) groups is 2. The third-order valence-electron chi connectivity index (χ3n) is 5.20. The summed E-state index contributed by atoms with van der Waals surface area (Å²) in [5, 5.41) is 0. The van der Waals surface area contributed by atoms with Crippen LogP contribution in [0.3, 0.4) is 0 Å².